The predicted octanol–water partition coefficient (Wildman–Crippen LogP) is 3.18. The number of halogens is 1. The maximum Gasteiger partial charge on any atom is 0.224 e. The summed E-state index contributed by atoms with van der Waals surface area (Å²) in [5, 5.41) is 9.93. The summed E-state index contributed by atoms with van der Waals surface area (Å²) in [5.41, 5.74) is 0.922. The first-order chi connectivity index (χ1) is 9.22. The van der Waals surface area contributed by atoms with Gasteiger partial charge in [0.1, 0.15) is 10.9 Å². The number of aromatic nitrogens is 2. The van der Waals surface area contributed by atoms with Crippen LogP contribution in [0.2, 0.25) is 5.15 Å². The number of para-hydroxylation sites is 1. The third kappa shape index (κ3) is 3.83. The Labute approximate surface area is 120 Å². The SMILES string of the molecule is CSc1nc(Cl)cc(Oc2ccccc2CCO)n1. The molecule has 0 bridgehead atoms. The van der Waals surface area contributed by atoms with Crippen LogP contribution in [0.3, 0.4) is 0 Å². The third-order valence-electron chi connectivity index (χ3n) is 2.40. The van der Waals surface area contributed by atoms with Crippen LogP contribution >= 0.6 is 23.4 Å². The van der Waals surface area contributed by atoms with Crippen molar-refractivity contribution in [3.05, 3.63) is 41.0 Å². The molecule has 0 saturated carbocycles. The van der Waals surface area contributed by atoms with Gasteiger partial charge in [-0.25, -0.2) is 4.98 Å². The molecule has 6 heteroatoms. The quantitative estimate of drug-likeness (QED) is 0.522. The summed E-state index contributed by atoms with van der Waals surface area (Å²) in [5.74, 6) is 1.06. The summed E-state index contributed by atoms with van der Waals surface area (Å²) in [7, 11) is 0. The monoisotopic (exact) mass is 296 g/mol. The highest BCUT2D eigenvalue weighted by Gasteiger charge is 2.08. The smallest absolute Gasteiger partial charge is 0.224 e. The van der Waals surface area contributed by atoms with E-state index in [1.54, 1.807) is 6.07 Å². The molecule has 0 aliphatic carbocycles. The zero-order valence-electron chi connectivity index (χ0n) is 10.3. The Morgan fingerprint density at radius 1 is 1.32 bits per heavy atom. The summed E-state index contributed by atoms with van der Waals surface area (Å²) in [6, 6.07) is 9.08. The molecule has 0 unspecified atom stereocenters. The van der Waals surface area contributed by atoms with E-state index in [2.05, 4.69) is 9.97 Å². The van der Waals surface area contributed by atoms with Crippen molar-refractivity contribution in [2.24, 2.45) is 0 Å². The number of hydrogen-bond donors (Lipinski definition) is 1. The second-order valence-electron chi connectivity index (χ2n) is 3.70. The fourth-order valence-electron chi connectivity index (χ4n) is 1.56. The topological polar surface area (TPSA) is 55.2 Å². The van der Waals surface area contributed by atoms with Crippen molar-refractivity contribution >= 4 is 23.4 Å². The van der Waals surface area contributed by atoms with Crippen LogP contribution in [-0.4, -0.2) is 27.9 Å². The second kappa shape index (κ2) is 6.75. The maximum atomic E-state index is 9.03. The molecule has 100 valence electrons. The van der Waals surface area contributed by atoms with Crippen LogP contribution in [0.25, 0.3) is 0 Å². The molecule has 0 atom stereocenters. The summed E-state index contributed by atoms with van der Waals surface area (Å²) >= 11 is 7.31. The Morgan fingerprint density at radius 3 is 2.84 bits per heavy atom. The van der Waals surface area contributed by atoms with Gasteiger partial charge in [0.25, 0.3) is 0 Å². The zero-order valence-corrected chi connectivity index (χ0v) is 11.9. The molecule has 0 aliphatic rings. The number of aliphatic hydroxyl groups is 1. The van der Waals surface area contributed by atoms with E-state index < -0.39 is 0 Å². The average molecular weight is 297 g/mol. The van der Waals surface area contributed by atoms with E-state index in [9.17, 15) is 0 Å². The Hall–Kier alpha value is -1.30. The van der Waals surface area contributed by atoms with Crippen LogP contribution in [0.5, 0.6) is 11.6 Å². The summed E-state index contributed by atoms with van der Waals surface area (Å²) in [4.78, 5) is 8.28. The highest BCUT2D eigenvalue weighted by atomic mass is 35.5. The van der Waals surface area contributed by atoms with Crippen molar-refractivity contribution in [1.29, 1.82) is 0 Å². The third-order valence-corrected chi connectivity index (χ3v) is 3.14. The van der Waals surface area contributed by atoms with Gasteiger partial charge in [0.05, 0.1) is 0 Å². The molecule has 1 heterocycles. The van der Waals surface area contributed by atoms with Crippen molar-refractivity contribution in [2.75, 3.05) is 12.9 Å². The molecule has 1 N–H and O–H groups in total. The molecule has 4 nitrogen and oxygen atoms in total. The minimum Gasteiger partial charge on any atom is -0.439 e. The van der Waals surface area contributed by atoms with Gasteiger partial charge in [-0.15, -0.1) is 0 Å². The highest BCUT2D eigenvalue weighted by Crippen LogP contribution is 2.27. The predicted molar refractivity (Wildman–Crippen MR) is 76.1 cm³/mol. The number of benzene rings is 1. The number of ether oxygens (including phenoxy) is 1. The molecule has 0 spiro atoms. The summed E-state index contributed by atoms with van der Waals surface area (Å²) in [6.45, 7) is 0.0704. The molecule has 0 fully saturated rings. The highest BCUT2D eigenvalue weighted by molar-refractivity contribution is 7.98. The number of thioether (sulfide) groups is 1. The summed E-state index contributed by atoms with van der Waals surface area (Å²) < 4.78 is 5.73. The fourth-order valence-corrected chi connectivity index (χ4v) is 2.16. The largest absolute Gasteiger partial charge is 0.439 e. The van der Waals surface area contributed by atoms with E-state index >= 15 is 0 Å². The Morgan fingerprint density at radius 2 is 2.11 bits per heavy atom. The van der Waals surface area contributed by atoms with Gasteiger partial charge >= 0.3 is 0 Å². The standard InChI is InChI=1S/C13H13ClN2O2S/c1-19-13-15-11(14)8-12(16-13)18-10-5-3-2-4-9(10)6-7-17/h2-5,8,17H,6-7H2,1H3. The molecule has 0 radical (unpaired) electrons. The molecular weight excluding hydrogens is 284 g/mol. The van der Waals surface area contributed by atoms with Gasteiger partial charge < -0.3 is 9.84 Å². The van der Waals surface area contributed by atoms with E-state index in [0.29, 0.717) is 28.4 Å². The zero-order chi connectivity index (χ0) is 13.7. The molecule has 0 amide bonds. The van der Waals surface area contributed by atoms with Crippen LogP contribution in [-0.2, 0) is 6.42 Å². The molecule has 19 heavy (non-hydrogen) atoms. The molecular formula is C13H13ClN2O2S. The Kier molecular flexibility index (Phi) is 5.01. The molecule has 2 aromatic rings. The number of nitrogens with zero attached hydrogens (tertiary/aromatic N) is 2. The maximum absolute atomic E-state index is 9.03. The lowest BCUT2D eigenvalue weighted by atomic mass is 10.1. The van der Waals surface area contributed by atoms with Gasteiger partial charge in [0.2, 0.25) is 5.88 Å². The molecule has 0 saturated heterocycles. The minimum atomic E-state index is 0.0704. The normalized spacial score (nSPS) is 10.5. The van der Waals surface area contributed by atoms with Crippen molar-refractivity contribution in [1.82, 2.24) is 9.97 Å². The van der Waals surface area contributed by atoms with Gasteiger partial charge in [-0.2, -0.15) is 4.98 Å². The lowest BCUT2D eigenvalue weighted by Gasteiger charge is -2.10. The van der Waals surface area contributed by atoms with E-state index in [4.69, 9.17) is 21.4 Å². The van der Waals surface area contributed by atoms with E-state index in [1.165, 1.54) is 11.8 Å². The lowest BCUT2D eigenvalue weighted by molar-refractivity contribution is 0.297. The van der Waals surface area contributed by atoms with E-state index in [-0.39, 0.29) is 6.61 Å². The Bertz CT molecular complexity index is 566. The first-order valence-corrected chi connectivity index (χ1v) is 7.28. The van der Waals surface area contributed by atoms with E-state index in [1.807, 2.05) is 30.5 Å². The first kappa shape index (κ1) is 14.1. The molecule has 2 rings (SSSR count). The number of hydrogen-bond acceptors (Lipinski definition) is 5. The number of aliphatic hydroxyl groups excluding tert-OH is 1. The first-order valence-electron chi connectivity index (χ1n) is 5.68. The van der Waals surface area contributed by atoms with Crippen molar-refractivity contribution in [3.8, 4) is 11.6 Å². The van der Waals surface area contributed by atoms with Gasteiger partial charge in [0.15, 0.2) is 5.16 Å². The molecule has 1 aromatic carbocycles. The van der Waals surface area contributed by atoms with Crippen molar-refractivity contribution < 1.29 is 9.84 Å². The van der Waals surface area contributed by atoms with Gasteiger partial charge in [-0.1, -0.05) is 41.6 Å². The molecule has 1 aromatic heterocycles. The fraction of sp³-hybridized carbons (Fsp3) is 0.231. The van der Waals surface area contributed by atoms with Gasteiger partial charge in [-0.3, -0.25) is 0 Å². The van der Waals surface area contributed by atoms with Crippen LogP contribution in [0.1, 0.15) is 5.56 Å². The molecule has 0 aliphatic heterocycles. The average Bonchev–Trinajstić information content (AvgIpc) is 2.40. The van der Waals surface area contributed by atoms with E-state index in [0.717, 1.165) is 5.56 Å². The van der Waals surface area contributed by atoms with Crippen LogP contribution in [0.15, 0.2) is 35.5 Å². The number of rotatable bonds is 5. The van der Waals surface area contributed by atoms with Crippen molar-refractivity contribution in [3.63, 3.8) is 0 Å². The minimum absolute atomic E-state index is 0.0704. The summed E-state index contributed by atoms with van der Waals surface area (Å²) in [6.07, 6.45) is 2.40. The van der Waals surface area contributed by atoms with Crippen LogP contribution in [0.4, 0.5) is 0 Å². The lowest BCUT2D eigenvalue weighted by Crippen LogP contribution is -1.97. The van der Waals surface area contributed by atoms with Crippen LogP contribution in [0, 0.1) is 0 Å². The second-order valence-corrected chi connectivity index (χ2v) is 4.86. The van der Waals surface area contributed by atoms with Crippen LogP contribution < -0.4 is 4.74 Å². The van der Waals surface area contributed by atoms with Gasteiger partial charge in [-0.05, 0) is 24.3 Å². The van der Waals surface area contributed by atoms with Gasteiger partial charge in [0, 0.05) is 12.7 Å². The van der Waals surface area contributed by atoms with Crippen molar-refractivity contribution in [2.45, 2.75) is 11.6 Å². The Balaban J connectivity index is 2.28.